The van der Waals surface area contributed by atoms with Gasteiger partial charge in [-0.3, -0.25) is 4.79 Å². The van der Waals surface area contributed by atoms with Crippen LogP contribution in [-0.4, -0.2) is 24.5 Å². The lowest BCUT2D eigenvalue weighted by atomic mass is 9.80. The van der Waals surface area contributed by atoms with Crippen molar-refractivity contribution in [3.05, 3.63) is 0 Å². The van der Waals surface area contributed by atoms with E-state index < -0.39 is 0 Å². The SMILES string of the molecule is CCC(C)NC(=O)CNC1CCC(C)CC1C. The molecule has 1 saturated carbocycles. The summed E-state index contributed by atoms with van der Waals surface area (Å²) in [4.78, 5) is 11.7. The third kappa shape index (κ3) is 5.07. The summed E-state index contributed by atoms with van der Waals surface area (Å²) in [5, 5.41) is 6.40. The van der Waals surface area contributed by atoms with Crippen molar-refractivity contribution in [1.29, 1.82) is 0 Å². The first-order valence-corrected chi connectivity index (χ1v) is 7.05. The van der Waals surface area contributed by atoms with Crippen LogP contribution in [0.5, 0.6) is 0 Å². The third-order valence-corrected chi connectivity index (χ3v) is 3.98. The summed E-state index contributed by atoms with van der Waals surface area (Å²) in [6, 6.07) is 0.807. The highest BCUT2D eigenvalue weighted by atomic mass is 16.1. The van der Waals surface area contributed by atoms with Gasteiger partial charge in [-0.1, -0.05) is 20.8 Å². The summed E-state index contributed by atoms with van der Waals surface area (Å²) in [5.74, 6) is 1.66. The van der Waals surface area contributed by atoms with Gasteiger partial charge in [-0.15, -0.1) is 0 Å². The lowest BCUT2D eigenvalue weighted by molar-refractivity contribution is -0.121. The quantitative estimate of drug-likeness (QED) is 0.774. The molecule has 3 heteroatoms. The van der Waals surface area contributed by atoms with E-state index >= 15 is 0 Å². The molecule has 1 fully saturated rings. The van der Waals surface area contributed by atoms with Crippen molar-refractivity contribution in [2.45, 2.75) is 65.5 Å². The zero-order chi connectivity index (χ0) is 12.8. The molecule has 0 radical (unpaired) electrons. The Morgan fingerprint density at radius 2 is 2.06 bits per heavy atom. The summed E-state index contributed by atoms with van der Waals surface area (Å²) >= 11 is 0. The fourth-order valence-corrected chi connectivity index (χ4v) is 2.62. The molecule has 0 aromatic carbocycles. The molecule has 1 aliphatic carbocycles. The smallest absolute Gasteiger partial charge is 0.234 e. The molecule has 1 amide bonds. The second kappa shape index (κ2) is 7.00. The molecule has 0 aromatic heterocycles. The highest BCUT2D eigenvalue weighted by molar-refractivity contribution is 5.78. The average Bonchev–Trinajstić information content (AvgIpc) is 2.27. The monoisotopic (exact) mass is 240 g/mol. The molecule has 0 saturated heterocycles. The van der Waals surface area contributed by atoms with Crippen LogP contribution in [0, 0.1) is 11.8 Å². The standard InChI is InChI=1S/C14H28N2O/c1-5-12(4)16-14(17)9-15-13-7-6-10(2)8-11(13)3/h10-13,15H,5-9H2,1-4H3,(H,16,17). The predicted octanol–water partition coefficient (Wildman–Crippen LogP) is 2.32. The molecule has 0 bridgehead atoms. The second-order valence-electron chi connectivity index (χ2n) is 5.76. The van der Waals surface area contributed by atoms with E-state index in [1.165, 1.54) is 19.3 Å². The number of nitrogens with one attached hydrogen (secondary N) is 2. The highest BCUT2D eigenvalue weighted by Crippen LogP contribution is 2.28. The third-order valence-electron chi connectivity index (χ3n) is 3.98. The molecule has 100 valence electrons. The summed E-state index contributed by atoms with van der Waals surface area (Å²) < 4.78 is 0. The molecule has 1 aliphatic rings. The zero-order valence-electron chi connectivity index (χ0n) is 11.8. The van der Waals surface area contributed by atoms with Crippen molar-refractivity contribution in [2.24, 2.45) is 11.8 Å². The minimum absolute atomic E-state index is 0.130. The van der Waals surface area contributed by atoms with Crippen molar-refractivity contribution in [2.75, 3.05) is 6.54 Å². The van der Waals surface area contributed by atoms with Gasteiger partial charge >= 0.3 is 0 Å². The Kier molecular flexibility index (Phi) is 5.96. The summed E-state index contributed by atoms with van der Waals surface area (Å²) in [5.41, 5.74) is 0. The van der Waals surface area contributed by atoms with Crippen LogP contribution < -0.4 is 10.6 Å². The van der Waals surface area contributed by atoms with Crippen LogP contribution in [0.1, 0.15) is 53.4 Å². The van der Waals surface area contributed by atoms with E-state index in [1.54, 1.807) is 0 Å². The van der Waals surface area contributed by atoms with Gasteiger partial charge in [0.1, 0.15) is 0 Å². The Hall–Kier alpha value is -0.570. The first kappa shape index (κ1) is 14.5. The van der Waals surface area contributed by atoms with E-state index in [4.69, 9.17) is 0 Å². The number of amides is 1. The van der Waals surface area contributed by atoms with Crippen LogP contribution in [0.3, 0.4) is 0 Å². The fraction of sp³-hybridized carbons (Fsp3) is 0.929. The van der Waals surface area contributed by atoms with Gasteiger partial charge in [0.15, 0.2) is 0 Å². The van der Waals surface area contributed by atoms with Crippen LogP contribution in [0.2, 0.25) is 0 Å². The van der Waals surface area contributed by atoms with Crippen molar-refractivity contribution >= 4 is 5.91 Å². The second-order valence-corrected chi connectivity index (χ2v) is 5.76. The Labute approximate surface area is 106 Å². The Morgan fingerprint density at radius 1 is 1.35 bits per heavy atom. The Morgan fingerprint density at radius 3 is 2.65 bits per heavy atom. The predicted molar refractivity (Wildman–Crippen MR) is 71.9 cm³/mol. The van der Waals surface area contributed by atoms with Gasteiger partial charge in [0.25, 0.3) is 0 Å². The minimum Gasteiger partial charge on any atom is -0.353 e. The first-order valence-electron chi connectivity index (χ1n) is 7.05. The van der Waals surface area contributed by atoms with E-state index in [1.807, 2.05) is 6.92 Å². The molecule has 17 heavy (non-hydrogen) atoms. The van der Waals surface area contributed by atoms with Gasteiger partial charge in [-0.2, -0.15) is 0 Å². The van der Waals surface area contributed by atoms with Crippen LogP contribution in [0.25, 0.3) is 0 Å². The van der Waals surface area contributed by atoms with E-state index in [0.29, 0.717) is 18.5 Å². The lowest BCUT2D eigenvalue weighted by Gasteiger charge is -2.33. The summed E-state index contributed by atoms with van der Waals surface area (Å²) in [7, 11) is 0. The molecule has 4 atom stereocenters. The molecular formula is C14H28N2O. The highest BCUT2D eigenvalue weighted by Gasteiger charge is 2.25. The molecule has 0 heterocycles. The van der Waals surface area contributed by atoms with Crippen molar-refractivity contribution in [3.63, 3.8) is 0 Å². The number of carbonyl (C=O) groups is 1. The largest absolute Gasteiger partial charge is 0.353 e. The molecule has 0 aromatic rings. The van der Waals surface area contributed by atoms with E-state index in [0.717, 1.165) is 12.3 Å². The Bertz CT molecular complexity index is 242. The molecule has 2 N–H and O–H groups in total. The van der Waals surface area contributed by atoms with Gasteiger partial charge in [0.2, 0.25) is 5.91 Å². The van der Waals surface area contributed by atoms with Crippen molar-refractivity contribution < 1.29 is 4.79 Å². The fourth-order valence-electron chi connectivity index (χ4n) is 2.62. The zero-order valence-corrected chi connectivity index (χ0v) is 11.8. The van der Waals surface area contributed by atoms with Gasteiger partial charge in [0.05, 0.1) is 6.54 Å². The van der Waals surface area contributed by atoms with Gasteiger partial charge in [-0.25, -0.2) is 0 Å². The minimum atomic E-state index is 0.130. The number of hydrogen-bond donors (Lipinski definition) is 2. The maximum Gasteiger partial charge on any atom is 0.234 e. The van der Waals surface area contributed by atoms with Crippen molar-refractivity contribution in [3.8, 4) is 0 Å². The summed E-state index contributed by atoms with van der Waals surface area (Å²) in [6.45, 7) is 9.21. The average molecular weight is 240 g/mol. The Balaban J connectivity index is 2.23. The lowest BCUT2D eigenvalue weighted by Crippen LogP contribution is -2.45. The van der Waals surface area contributed by atoms with E-state index in [2.05, 4.69) is 31.4 Å². The van der Waals surface area contributed by atoms with Crippen LogP contribution in [-0.2, 0) is 4.79 Å². The molecular weight excluding hydrogens is 212 g/mol. The maximum absolute atomic E-state index is 11.7. The van der Waals surface area contributed by atoms with Gasteiger partial charge in [-0.05, 0) is 44.4 Å². The van der Waals surface area contributed by atoms with Crippen molar-refractivity contribution in [1.82, 2.24) is 10.6 Å². The molecule has 0 aliphatic heterocycles. The normalized spacial score (nSPS) is 30.9. The topological polar surface area (TPSA) is 41.1 Å². The van der Waals surface area contributed by atoms with E-state index in [-0.39, 0.29) is 11.9 Å². The number of carbonyl (C=O) groups excluding carboxylic acids is 1. The van der Waals surface area contributed by atoms with Gasteiger partial charge < -0.3 is 10.6 Å². The number of hydrogen-bond acceptors (Lipinski definition) is 2. The van der Waals surface area contributed by atoms with Crippen LogP contribution >= 0.6 is 0 Å². The molecule has 0 spiro atoms. The van der Waals surface area contributed by atoms with E-state index in [9.17, 15) is 4.79 Å². The summed E-state index contributed by atoms with van der Waals surface area (Å²) in [6.07, 6.45) is 4.77. The molecule has 3 nitrogen and oxygen atoms in total. The first-order chi connectivity index (χ1) is 8.02. The van der Waals surface area contributed by atoms with Gasteiger partial charge in [0, 0.05) is 12.1 Å². The van der Waals surface area contributed by atoms with Crippen LogP contribution in [0.4, 0.5) is 0 Å². The molecule has 4 unspecified atom stereocenters. The number of rotatable bonds is 5. The maximum atomic E-state index is 11.7. The molecule has 1 rings (SSSR count). The van der Waals surface area contributed by atoms with Crippen LogP contribution in [0.15, 0.2) is 0 Å².